The van der Waals surface area contributed by atoms with Crippen LogP contribution in [-0.2, 0) is 0 Å². The molecule has 0 bridgehead atoms. The number of nitrogens with one attached hydrogen (secondary N) is 1. The summed E-state index contributed by atoms with van der Waals surface area (Å²) in [6, 6.07) is 0.193. The Morgan fingerprint density at radius 1 is 1.75 bits per heavy atom. The summed E-state index contributed by atoms with van der Waals surface area (Å²) >= 11 is 0. The van der Waals surface area contributed by atoms with Gasteiger partial charge in [-0.05, 0) is 31.0 Å². The molecule has 66 valence electrons. The van der Waals surface area contributed by atoms with Crippen molar-refractivity contribution < 1.29 is 4.39 Å². The van der Waals surface area contributed by atoms with Crippen molar-refractivity contribution in [1.82, 2.24) is 5.32 Å². The molecular formula is C10H14FN. The van der Waals surface area contributed by atoms with Crippen molar-refractivity contribution in [2.24, 2.45) is 0 Å². The zero-order chi connectivity index (χ0) is 9.14. The third kappa shape index (κ3) is 1.64. The molecule has 12 heavy (non-hydrogen) atoms. The average molecular weight is 167 g/mol. The van der Waals surface area contributed by atoms with Gasteiger partial charge in [0.1, 0.15) is 5.83 Å². The Hall–Kier alpha value is -0.890. The average Bonchev–Trinajstić information content (AvgIpc) is 2.03. The van der Waals surface area contributed by atoms with Gasteiger partial charge in [-0.3, -0.25) is 0 Å². The van der Waals surface area contributed by atoms with Crippen LogP contribution in [0.4, 0.5) is 4.39 Å². The molecule has 1 aliphatic rings. The summed E-state index contributed by atoms with van der Waals surface area (Å²) in [4.78, 5) is 0. The molecule has 1 nitrogen and oxygen atoms in total. The van der Waals surface area contributed by atoms with Crippen LogP contribution in [0.25, 0.3) is 0 Å². The third-order valence-electron chi connectivity index (χ3n) is 2.19. The first-order valence-electron chi connectivity index (χ1n) is 4.10. The minimum Gasteiger partial charge on any atom is -0.310 e. The Kier molecular flexibility index (Phi) is 2.82. The largest absolute Gasteiger partial charge is 0.310 e. The van der Waals surface area contributed by atoms with Gasteiger partial charge < -0.3 is 5.32 Å². The van der Waals surface area contributed by atoms with Crippen LogP contribution in [0, 0.1) is 0 Å². The highest BCUT2D eigenvalue weighted by Crippen LogP contribution is 2.24. The van der Waals surface area contributed by atoms with Crippen molar-refractivity contribution >= 4 is 0 Å². The van der Waals surface area contributed by atoms with E-state index in [0.29, 0.717) is 6.42 Å². The predicted octanol–water partition coefficient (Wildman–Crippen LogP) is 2.33. The fourth-order valence-corrected chi connectivity index (χ4v) is 1.52. The molecular weight excluding hydrogens is 153 g/mol. The minimum absolute atomic E-state index is 0.193. The SMILES string of the molecule is C=CC1=C(C(=C)F)CCNC1C. The molecule has 1 rings (SSSR count). The minimum atomic E-state index is -0.321. The Morgan fingerprint density at radius 3 is 2.83 bits per heavy atom. The van der Waals surface area contributed by atoms with E-state index in [-0.39, 0.29) is 11.9 Å². The van der Waals surface area contributed by atoms with Gasteiger partial charge in [-0.15, -0.1) is 0 Å². The second kappa shape index (κ2) is 3.68. The van der Waals surface area contributed by atoms with E-state index in [9.17, 15) is 4.39 Å². The molecule has 0 saturated heterocycles. The van der Waals surface area contributed by atoms with E-state index in [0.717, 1.165) is 17.7 Å². The lowest BCUT2D eigenvalue weighted by Crippen LogP contribution is -2.33. The van der Waals surface area contributed by atoms with E-state index >= 15 is 0 Å². The molecule has 2 heteroatoms. The molecule has 0 aromatic heterocycles. The predicted molar refractivity (Wildman–Crippen MR) is 49.6 cm³/mol. The maximum Gasteiger partial charge on any atom is 0.119 e. The highest BCUT2D eigenvalue weighted by Gasteiger charge is 2.17. The van der Waals surface area contributed by atoms with Gasteiger partial charge in [0.2, 0.25) is 0 Å². The number of hydrogen-bond acceptors (Lipinski definition) is 1. The molecule has 0 spiro atoms. The molecule has 0 fully saturated rings. The molecule has 0 aliphatic carbocycles. The van der Waals surface area contributed by atoms with Crippen LogP contribution in [0.2, 0.25) is 0 Å². The molecule has 0 saturated carbocycles. The van der Waals surface area contributed by atoms with Crippen LogP contribution in [0.5, 0.6) is 0 Å². The quantitative estimate of drug-likeness (QED) is 0.665. The van der Waals surface area contributed by atoms with Crippen molar-refractivity contribution in [1.29, 1.82) is 0 Å². The van der Waals surface area contributed by atoms with E-state index in [2.05, 4.69) is 18.5 Å². The second-order valence-electron chi connectivity index (χ2n) is 2.97. The summed E-state index contributed by atoms with van der Waals surface area (Å²) in [5.41, 5.74) is 1.66. The summed E-state index contributed by atoms with van der Waals surface area (Å²) in [5.74, 6) is -0.321. The van der Waals surface area contributed by atoms with Gasteiger partial charge >= 0.3 is 0 Å². The fourth-order valence-electron chi connectivity index (χ4n) is 1.52. The standard InChI is InChI=1S/C10H14FN/c1-4-9-8(3)12-6-5-10(9)7(2)11/h4,8,12H,1-2,5-6H2,3H3. The van der Waals surface area contributed by atoms with Gasteiger partial charge in [0.25, 0.3) is 0 Å². The summed E-state index contributed by atoms with van der Waals surface area (Å²) in [5, 5.41) is 3.23. The van der Waals surface area contributed by atoms with Gasteiger partial charge in [0.15, 0.2) is 0 Å². The summed E-state index contributed by atoms with van der Waals surface area (Å²) in [6.45, 7) is 9.79. The van der Waals surface area contributed by atoms with Gasteiger partial charge in [0, 0.05) is 6.04 Å². The van der Waals surface area contributed by atoms with Gasteiger partial charge in [-0.1, -0.05) is 19.2 Å². The van der Waals surface area contributed by atoms with Crippen molar-refractivity contribution in [3.8, 4) is 0 Å². The van der Waals surface area contributed by atoms with Crippen LogP contribution in [0.3, 0.4) is 0 Å². The highest BCUT2D eigenvalue weighted by atomic mass is 19.1. The van der Waals surface area contributed by atoms with Gasteiger partial charge in [0.05, 0.1) is 0 Å². The number of halogens is 1. The van der Waals surface area contributed by atoms with Crippen LogP contribution in [-0.4, -0.2) is 12.6 Å². The summed E-state index contributed by atoms with van der Waals surface area (Å²) in [6.07, 6.45) is 2.41. The Morgan fingerprint density at radius 2 is 2.42 bits per heavy atom. The number of rotatable bonds is 2. The number of allylic oxidation sites excluding steroid dienone is 1. The summed E-state index contributed by atoms with van der Waals surface area (Å²) in [7, 11) is 0. The molecule has 1 N–H and O–H groups in total. The number of hydrogen-bond donors (Lipinski definition) is 1. The fraction of sp³-hybridized carbons (Fsp3) is 0.400. The zero-order valence-corrected chi connectivity index (χ0v) is 7.36. The highest BCUT2D eigenvalue weighted by molar-refractivity contribution is 5.39. The van der Waals surface area contributed by atoms with Crippen LogP contribution < -0.4 is 5.32 Å². The van der Waals surface area contributed by atoms with E-state index in [1.54, 1.807) is 6.08 Å². The maximum atomic E-state index is 12.9. The first kappa shape index (κ1) is 9.20. The Balaban J connectivity index is 3.02. The van der Waals surface area contributed by atoms with Crippen molar-refractivity contribution in [2.45, 2.75) is 19.4 Å². The molecule has 0 aromatic rings. The molecule has 0 aromatic carbocycles. The van der Waals surface area contributed by atoms with E-state index in [1.165, 1.54) is 0 Å². The molecule has 1 atom stereocenters. The van der Waals surface area contributed by atoms with Crippen LogP contribution >= 0.6 is 0 Å². The molecule has 1 unspecified atom stereocenters. The topological polar surface area (TPSA) is 12.0 Å². The van der Waals surface area contributed by atoms with Crippen molar-refractivity contribution in [2.75, 3.05) is 6.54 Å². The third-order valence-corrected chi connectivity index (χ3v) is 2.19. The zero-order valence-electron chi connectivity index (χ0n) is 7.36. The first-order valence-corrected chi connectivity index (χ1v) is 4.10. The van der Waals surface area contributed by atoms with E-state index in [1.807, 2.05) is 6.92 Å². The van der Waals surface area contributed by atoms with Gasteiger partial charge in [-0.25, -0.2) is 4.39 Å². The van der Waals surface area contributed by atoms with Crippen LogP contribution in [0.15, 0.2) is 36.2 Å². The first-order chi connectivity index (χ1) is 5.66. The monoisotopic (exact) mass is 167 g/mol. The van der Waals surface area contributed by atoms with E-state index in [4.69, 9.17) is 0 Å². The van der Waals surface area contributed by atoms with Crippen LogP contribution in [0.1, 0.15) is 13.3 Å². The molecule has 1 aliphatic heterocycles. The Labute approximate surface area is 72.7 Å². The molecule has 0 amide bonds. The second-order valence-corrected chi connectivity index (χ2v) is 2.97. The summed E-state index contributed by atoms with van der Waals surface area (Å²) < 4.78 is 12.9. The van der Waals surface area contributed by atoms with Crippen molar-refractivity contribution in [3.05, 3.63) is 36.2 Å². The van der Waals surface area contributed by atoms with Gasteiger partial charge in [-0.2, -0.15) is 0 Å². The smallest absolute Gasteiger partial charge is 0.119 e. The Bertz CT molecular complexity index is 240. The maximum absolute atomic E-state index is 12.9. The van der Waals surface area contributed by atoms with Crippen molar-refractivity contribution in [3.63, 3.8) is 0 Å². The molecule has 1 heterocycles. The lowest BCUT2D eigenvalue weighted by Gasteiger charge is -2.24. The van der Waals surface area contributed by atoms with E-state index < -0.39 is 0 Å². The molecule has 0 radical (unpaired) electrons. The lowest BCUT2D eigenvalue weighted by atomic mass is 9.95. The lowest BCUT2D eigenvalue weighted by molar-refractivity contribution is 0.551. The normalized spacial score (nSPS) is 24.0.